The van der Waals surface area contributed by atoms with Crippen molar-refractivity contribution in [3.8, 4) is 0 Å². The predicted molar refractivity (Wildman–Crippen MR) is 88.4 cm³/mol. The topological polar surface area (TPSA) is 55.1 Å². The fourth-order valence-corrected chi connectivity index (χ4v) is 3.23. The molecule has 1 amide bonds. The summed E-state index contributed by atoms with van der Waals surface area (Å²) in [5, 5.41) is 3.19. The fraction of sp³-hybridized carbons (Fsp3) is 0.611. The van der Waals surface area contributed by atoms with Crippen LogP contribution >= 0.6 is 0 Å². The van der Waals surface area contributed by atoms with E-state index >= 15 is 0 Å². The minimum absolute atomic E-state index is 0.146. The van der Waals surface area contributed by atoms with E-state index in [4.69, 9.17) is 5.73 Å². The third-order valence-corrected chi connectivity index (χ3v) is 4.73. The van der Waals surface area contributed by atoms with Crippen LogP contribution in [0.4, 0.5) is 5.69 Å². The molecule has 0 saturated heterocycles. The molecule has 3 heteroatoms. The monoisotopic (exact) mass is 288 g/mol. The van der Waals surface area contributed by atoms with Crippen molar-refractivity contribution in [2.24, 2.45) is 17.6 Å². The van der Waals surface area contributed by atoms with Crippen LogP contribution in [0.3, 0.4) is 0 Å². The molecule has 1 aromatic carbocycles. The summed E-state index contributed by atoms with van der Waals surface area (Å²) in [6.07, 6.45) is 4.10. The molecule has 0 heterocycles. The molecule has 0 aliphatic heterocycles. The minimum atomic E-state index is 0.146. The van der Waals surface area contributed by atoms with Crippen LogP contribution in [0.1, 0.15) is 56.6 Å². The Hall–Kier alpha value is -1.35. The number of nitrogens with two attached hydrogens (primary N) is 1. The molecule has 3 nitrogen and oxygen atoms in total. The number of anilines is 1. The molecule has 1 aliphatic rings. The van der Waals surface area contributed by atoms with Gasteiger partial charge in [0.1, 0.15) is 0 Å². The molecular formula is C18H28N2O. The maximum atomic E-state index is 12.5. The van der Waals surface area contributed by atoms with E-state index in [-0.39, 0.29) is 11.8 Å². The molecule has 1 aromatic rings. The standard InChI is InChI=1S/C18H28N2O/c1-12(2)16-6-4-5-13(3)17(16)20-18(21)15-9-7-14(11-19)8-10-15/h4-6,12,14-15H,7-11,19H2,1-3H3,(H,20,21). The molecule has 0 atom stereocenters. The summed E-state index contributed by atoms with van der Waals surface area (Å²) in [6.45, 7) is 7.14. The summed E-state index contributed by atoms with van der Waals surface area (Å²) in [5.41, 5.74) is 9.10. The van der Waals surface area contributed by atoms with Gasteiger partial charge < -0.3 is 11.1 Å². The zero-order valence-corrected chi connectivity index (χ0v) is 13.5. The molecule has 116 valence electrons. The second kappa shape index (κ2) is 7.08. The van der Waals surface area contributed by atoms with E-state index in [2.05, 4.69) is 44.3 Å². The lowest BCUT2D eigenvalue weighted by atomic mass is 9.81. The molecule has 21 heavy (non-hydrogen) atoms. The van der Waals surface area contributed by atoms with Gasteiger partial charge in [0.2, 0.25) is 5.91 Å². The lowest BCUT2D eigenvalue weighted by Gasteiger charge is -2.27. The van der Waals surface area contributed by atoms with Gasteiger partial charge in [0, 0.05) is 11.6 Å². The van der Waals surface area contributed by atoms with Crippen LogP contribution in [0.15, 0.2) is 18.2 Å². The van der Waals surface area contributed by atoms with Gasteiger partial charge in [0.15, 0.2) is 0 Å². The van der Waals surface area contributed by atoms with Crippen LogP contribution in [0.25, 0.3) is 0 Å². The first-order valence-corrected chi connectivity index (χ1v) is 8.13. The summed E-state index contributed by atoms with van der Waals surface area (Å²) in [4.78, 5) is 12.5. The van der Waals surface area contributed by atoms with Crippen molar-refractivity contribution < 1.29 is 4.79 Å². The third-order valence-electron chi connectivity index (χ3n) is 4.73. The maximum absolute atomic E-state index is 12.5. The molecule has 0 aromatic heterocycles. The van der Waals surface area contributed by atoms with Crippen LogP contribution < -0.4 is 11.1 Å². The van der Waals surface area contributed by atoms with Gasteiger partial charge in [-0.05, 0) is 62.1 Å². The normalized spacial score (nSPS) is 22.3. The van der Waals surface area contributed by atoms with E-state index in [0.717, 1.165) is 43.5 Å². The maximum Gasteiger partial charge on any atom is 0.227 e. The molecule has 0 radical (unpaired) electrons. The van der Waals surface area contributed by atoms with Gasteiger partial charge in [0.05, 0.1) is 0 Å². The van der Waals surface area contributed by atoms with Gasteiger partial charge >= 0.3 is 0 Å². The quantitative estimate of drug-likeness (QED) is 0.885. The van der Waals surface area contributed by atoms with Gasteiger partial charge in [-0.2, -0.15) is 0 Å². The van der Waals surface area contributed by atoms with Crippen LogP contribution in [0.2, 0.25) is 0 Å². The van der Waals surface area contributed by atoms with Crippen molar-refractivity contribution in [2.45, 2.75) is 52.4 Å². The van der Waals surface area contributed by atoms with E-state index in [9.17, 15) is 4.79 Å². The molecular weight excluding hydrogens is 260 g/mol. The molecule has 0 bridgehead atoms. The van der Waals surface area contributed by atoms with Crippen molar-refractivity contribution >= 4 is 11.6 Å². The Morgan fingerprint density at radius 1 is 1.29 bits per heavy atom. The number of para-hydroxylation sites is 1. The van der Waals surface area contributed by atoms with E-state index < -0.39 is 0 Å². The highest BCUT2D eigenvalue weighted by Gasteiger charge is 2.26. The lowest BCUT2D eigenvalue weighted by molar-refractivity contribution is -0.121. The van der Waals surface area contributed by atoms with Crippen LogP contribution in [0, 0.1) is 18.8 Å². The van der Waals surface area contributed by atoms with Crippen molar-refractivity contribution in [1.82, 2.24) is 0 Å². The summed E-state index contributed by atoms with van der Waals surface area (Å²) in [7, 11) is 0. The number of hydrogen-bond donors (Lipinski definition) is 2. The summed E-state index contributed by atoms with van der Waals surface area (Å²) in [5.74, 6) is 1.35. The fourth-order valence-electron chi connectivity index (χ4n) is 3.23. The first kappa shape index (κ1) is 16.0. The lowest BCUT2D eigenvalue weighted by Crippen LogP contribution is -2.30. The highest BCUT2D eigenvalue weighted by molar-refractivity contribution is 5.94. The van der Waals surface area contributed by atoms with E-state index in [0.29, 0.717) is 11.8 Å². The zero-order chi connectivity index (χ0) is 15.4. The number of rotatable bonds is 4. The second-order valence-electron chi connectivity index (χ2n) is 6.64. The molecule has 1 aliphatic carbocycles. The first-order valence-electron chi connectivity index (χ1n) is 8.13. The summed E-state index contributed by atoms with van der Waals surface area (Å²) in [6, 6.07) is 6.23. The smallest absolute Gasteiger partial charge is 0.227 e. The zero-order valence-electron chi connectivity index (χ0n) is 13.5. The predicted octanol–water partition coefficient (Wildman–Crippen LogP) is 3.82. The second-order valence-corrected chi connectivity index (χ2v) is 6.64. The van der Waals surface area contributed by atoms with Gasteiger partial charge in [-0.25, -0.2) is 0 Å². The Balaban J connectivity index is 2.07. The van der Waals surface area contributed by atoms with Crippen LogP contribution in [-0.4, -0.2) is 12.5 Å². The van der Waals surface area contributed by atoms with Crippen molar-refractivity contribution in [3.05, 3.63) is 29.3 Å². The molecule has 2 rings (SSSR count). The Kier molecular flexibility index (Phi) is 5.40. The van der Waals surface area contributed by atoms with E-state index in [1.165, 1.54) is 5.56 Å². The number of carbonyl (C=O) groups is 1. The summed E-state index contributed by atoms with van der Waals surface area (Å²) >= 11 is 0. The highest BCUT2D eigenvalue weighted by Crippen LogP contribution is 2.31. The summed E-state index contributed by atoms with van der Waals surface area (Å²) < 4.78 is 0. The van der Waals surface area contributed by atoms with Gasteiger partial charge in [0.25, 0.3) is 0 Å². The molecule has 1 fully saturated rings. The third kappa shape index (κ3) is 3.85. The Morgan fingerprint density at radius 3 is 2.52 bits per heavy atom. The van der Waals surface area contributed by atoms with Crippen molar-refractivity contribution in [1.29, 1.82) is 0 Å². The SMILES string of the molecule is Cc1cccc(C(C)C)c1NC(=O)C1CCC(CN)CC1. The van der Waals surface area contributed by atoms with E-state index in [1.54, 1.807) is 0 Å². The average Bonchev–Trinajstić information content (AvgIpc) is 2.49. The van der Waals surface area contributed by atoms with Crippen LogP contribution in [0.5, 0.6) is 0 Å². The number of nitrogens with one attached hydrogen (secondary N) is 1. The largest absolute Gasteiger partial charge is 0.330 e. The number of amides is 1. The minimum Gasteiger partial charge on any atom is -0.330 e. The molecule has 1 saturated carbocycles. The van der Waals surface area contributed by atoms with E-state index in [1.807, 2.05) is 0 Å². The molecule has 3 N–H and O–H groups in total. The van der Waals surface area contributed by atoms with Crippen molar-refractivity contribution in [2.75, 3.05) is 11.9 Å². The Morgan fingerprint density at radius 2 is 1.95 bits per heavy atom. The number of benzene rings is 1. The average molecular weight is 288 g/mol. The molecule has 0 spiro atoms. The first-order chi connectivity index (χ1) is 10.0. The Bertz CT molecular complexity index is 488. The number of hydrogen-bond acceptors (Lipinski definition) is 2. The van der Waals surface area contributed by atoms with Crippen LogP contribution in [-0.2, 0) is 4.79 Å². The van der Waals surface area contributed by atoms with Gasteiger partial charge in [-0.1, -0.05) is 32.0 Å². The Labute approximate surface area is 128 Å². The highest BCUT2D eigenvalue weighted by atomic mass is 16.1. The van der Waals surface area contributed by atoms with Gasteiger partial charge in [-0.15, -0.1) is 0 Å². The molecule has 0 unspecified atom stereocenters. The number of aryl methyl sites for hydroxylation is 1. The number of carbonyl (C=O) groups excluding carboxylic acids is 1. The van der Waals surface area contributed by atoms with Crippen molar-refractivity contribution in [3.63, 3.8) is 0 Å². The van der Waals surface area contributed by atoms with Gasteiger partial charge in [-0.3, -0.25) is 4.79 Å².